The topological polar surface area (TPSA) is 86.8 Å². The molecule has 33 heavy (non-hydrogen) atoms. The second-order valence-electron chi connectivity index (χ2n) is 7.87. The van der Waals surface area contributed by atoms with E-state index in [9.17, 15) is 18.0 Å². The fourth-order valence-corrected chi connectivity index (χ4v) is 4.72. The molecule has 2 atom stereocenters. The third-order valence-electron chi connectivity index (χ3n) is 5.21. The van der Waals surface area contributed by atoms with Crippen LogP contribution in [-0.2, 0) is 26.2 Å². The molecule has 7 nitrogen and oxygen atoms in total. The summed E-state index contributed by atoms with van der Waals surface area (Å²) >= 11 is 9.64. The van der Waals surface area contributed by atoms with Gasteiger partial charge in [-0.05, 0) is 50.1 Å². The fourth-order valence-electron chi connectivity index (χ4n) is 3.13. The first-order valence-electron chi connectivity index (χ1n) is 10.5. The molecule has 0 saturated carbocycles. The number of benzene rings is 2. The summed E-state index contributed by atoms with van der Waals surface area (Å²) in [5.74, 6) is -0.830. The van der Waals surface area contributed by atoms with Crippen LogP contribution in [0.4, 0.5) is 5.69 Å². The Hall–Kier alpha value is -2.10. The van der Waals surface area contributed by atoms with Gasteiger partial charge in [-0.2, -0.15) is 0 Å². The molecule has 0 saturated heterocycles. The summed E-state index contributed by atoms with van der Waals surface area (Å²) in [6.45, 7) is 5.11. The van der Waals surface area contributed by atoms with Gasteiger partial charge in [0.25, 0.3) is 0 Å². The number of para-hydroxylation sites is 1. The van der Waals surface area contributed by atoms with Crippen LogP contribution in [0.5, 0.6) is 0 Å². The van der Waals surface area contributed by atoms with E-state index in [1.165, 1.54) is 11.0 Å². The minimum atomic E-state index is -3.82. The Morgan fingerprint density at radius 1 is 1.12 bits per heavy atom. The van der Waals surface area contributed by atoms with Crippen molar-refractivity contribution < 1.29 is 18.0 Å². The van der Waals surface area contributed by atoms with Gasteiger partial charge in [-0.25, -0.2) is 8.42 Å². The fraction of sp³-hybridized carbons (Fsp3) is 0.391. The van der Waals surface area contributed by atoms with Crippen LogP contribution in [0.1, 0.15) is 32.8 Å². The van der Waals surface area contributed by atoms with E-state index in [0.29, 0.717) is 0 Å². The van der Waals surface area contributed by atoms with E-state index in [-0.39, 0.29) is 29.2 Å². The molecule has 0 aliphatic carbocycles. The molecule has 0 aromatic heterocycles. The van der Waals surface area contributed by atoms with E-state index < -0.39 is 28.5 Å². The van der Waals surface area contributed by atoms with Gasteiger partial charge in [0.1, 0.15) is 12.6 Å². The van der Waals surface area contributed by atoms with Crippen molar-refractivity contribution in [2.24, 2.45) is 0 Å². The second-order valence-corrected chi connectivity index (χ2v) is 11.1. The van der Waals surface area contributed by atoms with Crippen LogP contribution in [0.25, 0.3) is 0 Å². The third-order valence-corrected chi connectivity index (χ3v) is 7.15. The molecule has 2 rings (SSSR count). The van der Waals surface area contributed by atoms with E-state index in [0.717, 1.165) is 27.0 Å². The number of carbonyl (C=O) groups is 2. The maximum absolute atomic E-state index is 13.5. The van der Waals surface area contributed by atoms with Crippen LogP contribution in [0.3, 0.4) is 0 Å². The molecule has 2 aromatic carbocycles. The van der Waals surface area contributed by atoms with Crippen LogP contribution in [-0.4, -0.2) is 50.0 Å². The molecule has 2 aromatic rings. The lowest BCUT2D eigenvalue weighted by molar-refractivity contribution is -0.139. The van der Waals surface area contributed by atoms with E-state index in [1.807, 2.05) is 38.1 Å². The van der Waals surface area contributed by atoms with Gasteiger partial charge in [-0.3, -0.25) is 13.9 Å². The summed E-state index contributed by atoms with van der Waals surface area (Å²) in [5.41, 5.74) is 0.999. The highest BCUT2D eigenvalue weighted by atomic mass is 79.9. The Morgan fingerprint density at radius 2 is 1.79 bits per heavy atom. The van der Waals surface area contributed by atoms with Gasteiger partial charge in [0.2, 0.25) is 21.8 Å². The lowest BCUT2D eigenvalue weighted by Gasteiger charge is -2.32. The average molecular weight is 559 g/mol. The van der Waals surface area contributed by atoms with Crippen molar-refractivity contribution in [1.82, 2.24) is 10.2 Å². The Bertz CT molecular complexity index is 1100. The van der Waals surface area contributed by atoms with Crippen LogP contribution >= 0.6 is 27.5 Å². The number of nitrogens with zero attached hydrogens (tertiary/aromatic N) is 2. The van der Waals surface area contributed by atoms with Gasteiger partial charge in [0.05, 0.1) is 17.0 Å². The Kier molecular flexibility index (Phi) is 9.75. The van der Waals surface area contributed by atoms with Gasteiger partial charge >= 0.3 is 0 Å². The maximum atomic E-state index is 13.5. The smallest absolute Gasteiger partial charge is 0.244 e. The predicted octanol–water partition coefficient (Wildman–Crippen LogP) is 4.20. The number of hydrogen-bond donors (Lipinski definition) is 1. The summed E-state index contributed by atoms with van der Waals surface area (Å²) in [5, 5.41) is 3.10. The molecule has 2 amide bonds. The molecule has 0 fully saturated rings. The van der Waals surface area contributed by atoms with Crippen LogP contribution in [0.2, 0.25) is 5.02 Å². The zero-order chi connectivity index (χ0) is 24.8. The molecule has 0 aliphatic rings. The Balaban J connectivity index is 2.40. The minimum absolute atomic E-state index is 0.0570. The molecule has 1 N–H and O–H groups in total. The van der Waals surface area contributed by atoms with Crippen molar-refractivity contribution in [2.45, 2.75) is 45.8 Å². The van der Waals surface area contributed by atoms with Crippen molar-refractivity contribution in [3.8, 4) is 0 Å². The van der Waals surface area contributed by atoms with Gasteiger partial charge in [-0.15, -0.1) is 0 Å². The van der Waals surface area contributed by atoms with Gasteiger partial charge in [0, 0.05) is 17.1 Å². The second kappa shape index (κ2) is 11.9. The summed E-state index contributed by atoms with van der Waals surface area (Å²) in [6, 6.07) is 12.9. The molecular weight excluding hydrogens is 530 g/mol. The Morgan fingerprint density at radius 3 is 2.36 bits per heavy atom. The predicted molar refractivity (Wildman–Crippen MR) is 136 cm³/mol. The van der Waals surface area contributed by atoms with E-state index in [2.05, 4.69) is 21.2 Å². The van der Waals surface area contributed by atoms with Crippen molar-refractivity contribution in [2.75, 3.05) is 17.1 Å². The normalized spacial score (nSPS) is 13.2. The Labute approximate surface area is 209 Å². The number of hydrogen-bond acceptors (Lipinski definition) is 4. The van der Waals surface area contributed by atoms with E-state index in [4.69, 9.17) is 11.6 Å². The minimum Gasteiger partial charge on any atom is -0.352 e. The van der Waals surface area contributed by atoms with Crippen molar-refractivity contribution in [1.29, 1.82) is 0 Å². The lowest BCUT2D eigenvalue weighted by Crippen LogP contribution is -2.52. The third kappa shape index (κ3) is 7.72. The number of sulfonamides is 1. The molecule has 0 heterocycles. The van der Waals surface area contributed by atoms with E-state index in [1.54, 1.807) is 25.1 Å². The average Bonchev–Trinajstić information content (AvgIpc) is 2.75. The molecule has 10 heteroatoms. The number of amides is 2. The lowest BCUT2D eigenvalue weighted by atomic mass is 10.1. The maximum Gasteiger partial charge on any atom is 0.244 e. The van der Waals surface area contributed by atoms with Crippen LogP contribution < -0.4 is 9.62 Å². The zero-order valence-electron chi connectivity index (χ0n) is 19.1. The molecular formula is C23H29BrClN3O4S. The monoisotopic (exact) mass is 557 g/mol. The summed E-state index contributed by atoms with van der Waals surface area (Å²) in [7, 11) is -3.82. The highest BCUT2D eigenvalue weighted by molar-refractivity contribution is 9.10. The standard InChI is InChI=1S/C23H29BrClN3O4S/c1-5-16(2)26-23(30)17(3)27(14-18-9-8-10-19(24)13-18)22(29)15-28(33(4,31)32)21-12-7-6-11-20(21)25/h6-13,16-17H,5,14-15H2,1-4H3,(H,26,30)/t16-,17+/m0/s1. The molecule has 0 unspecified atom stereocenters. The molecule has 0 radical (unpaired) electrons. The summed E-state index contributed by atoms with van der Waals surface area (Å²) < 4.78 is 26.9. The summed E-state index contributed by atoms with van der Waals surface area (Å²) in [4.78, 5) is 27.7. The van der Waals surface area contributed by atoms with E-state index >= 15 is 0 Å². The first-order valence-corrected chi connectivity index (χ1v) is 13.5. The number of rotatable bonds is 10. The van der Waals surface area contributed by atoms with Crippen LogP contribution in [0, 0.1) is 0 Å². The summed E-state index contributed by atoms with van der Waals surface area (Å²) in [6.07, 6.45) is 1.76. The number of nitrogens with one attached hydrogen (secondary N) is 1. The largest absolute Gasteiger partial charge is 0.352 e. The van der Waals surface area contributed by atoms with Crippen LogP contribution in [0.15, 0.2) is 53.0 Å². The molecule has 0 spiro atoms. The van der Waals surface area contributed by atoms with Gasteiger partial charge < -0.3 is 10.2 Å². The highest BCUT2D eigenvalue weighted by Gasteiger charge is 2.31. The molecule has 180 valence electrons. The quantitative estimate of drug-likeness (QED) is 0.474. The van der Waals surface area contributed by atoms with Gasteiger partial charge in [0.15, 0.2) is 0 Å². The van der Waals surface area contributed by atoms with Crippen molar-refractivity contribution in [3.63, 3.8) is 0 Å². The first-order chi connectivity index (χ1) is 15.4. The number of halogens is 2. The zero-order valence-corrected chi connectivity index (χ0v) is 22.2. The SMILES string of the molecule is CC[C@H](C)NC(=O)[C@@H](C)N(Cc1cccc(Br)c1)C(=O)CN(c1ccccc1Cl)S(C)(=O)=O. The molecule has 0 bridgehead atoms. The van der Waals surface area contributed by atoms with Crippen molar-refractivity contribution >= 4 is 55.1 Å². The molecule has 0 aliphatic heterocycles. The first kappa shape index (κ1) is 27.1. The number of anilines is 1. The highest BCUT2D eigenvalue weighted by Crippen LogP contribution is 2.27. The van der Waals surface area contributed by atoms with Crippen molar-refractivity contribution in [3.05, 3.63) is 63.6 Å². The van der Waals surface area contributed by atoms with Gasteiger partial charge in [-0.1, -0.05) is 58.7 Å². The number of carbonyl (C=O) groups excluding carboxylic acids is 2.